The lowest BCUT2D eigenvalue weighted by Gasteiger charge is -2.22. The van der Waals surface area contributed by atoms with E-state index in [1.54, 1.807) is 18.4 Å². The van der Waals surface area contributed by atoms with Crippen LogP contribution in [0.2, 0.25) is 0 Å². The van der Waals surface area contributed by atoms with Gasteiger partial charge in [-0.15, -0.1) is 0 Å². The third-order valence-corrected chi connectivity index (χ3v) is 3.95. The second kappa shape index (κ2) is 7.37. The van der Waals surface area contributed by atoms with Gasteiger partial charge >= 0.3 is 0 Å². The van der Waals surface area contributed by atoms with E-state index < -0.39 is 0 Å². The van der Waals surface area contributed by atoms with Gasteiger partial charge in [-0.05, 0) is 43.7 Å². The van der Waals surface area contributed by atoms with Crippen molar-refractivity contribution in [3.8, 4) is 11.5 Å². The van der Waals surface area contributed by atoms with Crippen LogP contribution in [0, 0.1) is 5.82 Å². The number of nitrogens with one attached hydrogen (secondary N) is 2. The predicted molar refractivity (Wildman–Crippen MR) is 84.3 cm³/mol. The summed E-state index contributed by atoms with van der Waals surface area (Å²) in [5.74, 6) is 0.215. The number of benzene rings is 1. The van der Waals surface area contributed by atoms with E-state index in [2.05, 4.69) is 15.6 Å². The lowest BCUT2D eigenvalue weighted by molar-refractivity contribution is -0.123. The van der Waals surface area contributed by atoms with Crippen molar-refractivity contribution >= 4 is 5.91 Å². The minimum atomic E-state index is -0.292. The van der Waals surface area contributed by atoms with E-state index in [1.807, 2.05) is 0 Å². The summed E-state index contributed by atoms with van der Waals surface area (Å²) in [5, 5.41) is 6.15. The number of rotatable bonds is 5. The second-order valence-electron chi connectivity index (χ2n) is 5.69. The molecule has 5 nitrogen and oxygen atoms in total. The van der Waals surface area contributed by atoms with Crippen molar-refractivity contribution in [2.24, 2.45) is 0 Å². The Bertz CT molecular complexity index is 648. The van der Waals surface area contributed by atoms with Crippen molar-refractivity contribution in [1.82, 2.24) is 15.6 Å². The maximum Gasteiger partial charge on any atom is 0.237 e. The Hall–Kier alpha value is -2.21. The molecule has 3 rings (SSSR count). The molecule has 0 aliphatic carbocycles. The molecule has 1 atom stereocenters. The van der Waals surface area contributed by atoms with Crippen molar-refractivity contribution in [1.29, 1.82) is 0 Å². The minimum Gasteiger partial charge on any atom is -0.444 e. The highest BCUT2D eigenvalue weighted by molar-refractivity contribution is 5.81. The predicted octanol–water partition coefficient (Wildman–Crippen LogP) is 2.28. The quantitative estimate of drug-likeness (QED) is 0.888. The van der Waals surface area contributed by atoms with Gasteiger partial charge in [0.1, 0.15) is 12.1 Å². The fraction of sp³-hybridized carbons (Fsp3) is 0.412. The van der Waals surface area contributed by atoms with Crippen molar-refractivity contribution in [3.63, 3.8) is 0 Å². The van der Waals surface area contributed by atoms with Crippen LogP contribution < -0.4 is 10.6 Å². The first kappa shape index (κ1) is 15.7. The third kappa shape index (κ3) is 4.16. The maximum absolute atomic E-state index is 12.9. The lowest BCUT2D eigenvalue weighted by atomic mass is 10.0. The summed E-state index contributed by atoms with van der Waals surface area (Å²) in [5.41, 5.74) is 1.49. The molecule has 1 aromatic carbocycles. The van der Waals surface area contributed by atoms with Gasteiger partial charge in [0.15, 0.2) is 0 Å². The third-order valence-electron chi connectivity index (χ3n) is 3.95. The number of carbonyl (C=O) groups excluding carboxylic acids is 1. The van der Waals surface area contributed by atoms with Crippen molar-refractivity contribution in [2.45, 2.75) is 31.7 Å². The highest BCUT2D eigenvalue weighted by atomic mass is 19.1. The summed E-state index contributed by atoms with van der Waals surface area (Å²) in [4.78, 5) is 16.4. The van der Waals surface area contributed by atoms with Gasteiger partial charge in [0, 0.05) is 18.5 Å². The van der Waals surface area contributed by atoms with E-state index in [1.165, 1.54) is 12.1 Å². The molecule has 2 aromatic rings. The van der Waals surface area contributed by atoms with Gasteiger partial charge in [-0.3, -0.25) is 4.79 Å². The smallest absolute Gasteiger partial charge is 0.237 e. The van der Waals surface area contributed by atoms with E-state index in [-0.39, 0.29) is 17.8 Å². The van der Waals surface area contributed by atoms with Crippen LogP contribution in [0.25, 0.3) is 11.5 Å². The van der Waals surface area contributed by atoms with Gasteiger partial charge in [-0.2, -0.15) is 0 Å². The molecule has 0 bridgehead atoms. The molecule has 1 aliphatic rings. The first-order valence-electron chi connectivity index (χ1n) is 7.94. The molecule has 1 fully saturated rings. The van der Waals surface area contributed by atoms with Crippen LogP contribution >= 0.6 is 0 Å². The fourth-order valence-corrected chi connectivity index (χ4v) is 2.66. The molecule has 23 heavy (non-hydrogen) atoms. The number of oxazole rings is 1. The molecule has 0 radical (unpaired) electrons. The number of amides is 1. The molecule has 0 saturated carbocycles. The van der Waals surface area contributed by atoms with Gasteiger partial charge in [-0.25, -0.2) is 9.37 Å². The number of nitrogens with zero attached hydrogens (tertiary/aromatic N) is 1. The van der Waals surface area contributed by atoms with Crippen LogP contribution in [-0.2, 0) is 11.2 Å². The molecule has 1 aromatic heterocycles. The molecule has 1 amide bonds. The van der Waals surface area contributed by atoms with Crippen molar-refractivity contribution < 1.29 is 13.6 Å². The van der Waals surface area contributed by atoms with E-state index >= 15 is 0 Å². The molecule has 1 saturated heterocycles. The highest BCUT2D eigenvalue weighted by Crippen LogP contribution is 2.19. The van der Waals surface area contributed by atoms with Crippen LogP contribution in [0.15, 0.2) is 34.9 Å². The Morgan fingerprint density at radius 2 is 2.17 bits per heavy atom. The second-order valence-corrected chi connectivity index (χ2v) is 5.69. The molecule has 122 valence electrons. The fourth-order valence-electron chi connectivity index (χ4n) is 2.66. The summed E-state index contributed by atoms with van der Waals surface area (Å²) in [6, 6.07) is 5.92. The zero-order valence-electron chi connectivity index (χ0n) is 12.8. The highest BCUT2D eigenvalue weighted by Gasteiger charge is 2.19. The van der Waals surface area contributed by atoms with E-state index in [4.69, 9.17) is 4.42 Å². The topological polar surface area (TPSA) is 67.2 Å². The first-order valence-corrected chi connectivity index (χ1v) is 7.94. The summed E-state index contributed by atoms with van der Waals surface area (Å²) >= 11 is 0. The van der Waals surface area contributed by atoms with Gasteiger partial charge in [0.25, 0.3) is 0 Å². The number of hydrogen-bond acceptors (Lipinski definition) is 4. The van der Waals surface area contributed by atoms with Crippen LogP contribution in [0.1, 0.15) is 25.0 Å². The SMILES string of the molecule is O=C(NCCc1coc(-c2ccc(F)cc2)n1)C1CCCCN1. The molecule has 2 N–H and O–H groups in total. The maximum atomic E-state index is 12.9. The molecule has 1 aliphatic heterocycles. The number of piperidine rings is 1. The Balaban J connectivity index is 1.49. The van der Waals surface area contributed by atoms with Crippen molar-refractivity contribution in [2.75, 3.05) is 13.1 Å². The molecule has 6 heteroatoms. The van der Waals surface area contributed by atoms with E-state index in [9.17, 15) is 9.18 Å². The minimum absolute atomic E-state index is 0.0481. The van der Waals surface area contributed by atoms with Crippen LogP contribution in [0.3, 0.4) is 0 Å². The Kier molecular flexibility index (Phi) is 5.02. The van der Waals surface area contributed by atoms with Crippen LogP contribution in [0.5, 0.6) is 0 Å². The molecule has 1 unspecified atom stereocenters. The van der Waals surface area contributed by atoms with Crippen LogP contribution in [-0.4, -0.2) is 30.0 Å². The summed E-state index contributed by atoms with van der Waals surface area (Å²) < 4.78 is 18.3. The number of hydrogen-bond donors (Lipinski definition) is 2. The number of halogens is 1. The largest absolute Gasteiger partial charge is 0.444 e. The van der Waals surface area contributed by atoms with Gasteiger partial charge in [0.2, 0.25) is 11.8 Å². The van der Waals surface area contributed by atoms with E-state index in [0.29, 0.717) is 18.9 Å². The Morgan fingerprint density at radius 3 is 2.91 bits per heavy atom. The molecule has 2 heterocycles. The normalized spacial score (nSPS) is 17.9. The zero-order valence-corrected chi connectivity index (χ0v) is 12.8. The number of carbonyl (C=O) groups is 1. The molecule has 0 spiro atoms. The molecular formula is C17H20FN3O2. The Morgan fingerprint density at radius 1 is 1.35 bits per heavy atom. The van der Waals surface area contributed by atoms with Gasteiger partial charge in [0.05, 0.1) is 11.7 Å². The average molecular weight is 317 g/mol. The Labute approximate surface area is 134 Å². The zero-order chi connectivity index (χ0) is 16.1. The monoisotopic (exact) mass is 317 g/mol. The van der Waals surface area contributed by atoms with Crippen LogP contribution in [0.4, 0.5) is 4.39 Å². The molecular weight excluding hydrogens is 297 g/mol. The summed E-state index contributed by atoms with van der Waals surface area (Å²) in [6.07, 6.45) is 5.29. The van der Waals surface area contributed by atoms with E-state index in [0.717, 1.165) is 37.1 Å². The lowest BCUT2D eigenvalue weighted by Crippen LogP contribution is -2.47. The first-order chi connectivity index (χ1) is 11.2. The van der Waals surface area contributed by atoms with Crippen molar-refractivity contribution in [3.05, 3.63) is 42.0 Å². The summed E-state index contributed by atoms with van der Waals surface area (Å²) in [6.45, 7) is 1.43. The standard InChI is InChI=1S/C17H20FN3O2/c18-13-6-4-12(5-7-13)17-21-14(11-23-17)8-10-20-16(22)15-3-1-2-9-19-15/h4-7,11,15,19H,1-3,8-10H2,(H,20,22). The van der Waals surface area contributed by atoms with Gasteiger partial charge < -0.3 is 15.1 Å². The average Bonchev–Trinajstić information content (AvgIpc) is 3.05. The number of aromatic nitrogens is 1. The summed E-state index contributed by atoms with van der Waals surface area (Å²) in [7, 11) is 0. The van der Waals surface area contributed by atoms with Gasteiger partial charge in [-0.1, -0.05) is 6.42 Å².